The summed E-state index contributed by atoms with van der Waals surface area (Å²) in [4.78, 5) is 8.40. The van der Waals surface area contributed by atoms with E-state index < -0.39 is 6.10 Å². The van der Waals surface area contributed by atoms with Crippen LogP contribution in [0.5, 0.6) is 0 Å². The van der Waals surface area contributed by atoms with Gasteiger partial charge in [-0.2, -0.15) is 0 Å². The highest BCUT2D eigenvalue weighted by Crippen LogP contribution is 2.29. The zero-order chi connectivity index (χ0) is 13.9. The molecule has 4 heteroatoms. The first-order valence-corrected chi connectivity index (χ1v) is 6.73. The molecule has 0 radical (unpaired) electrons. The van der Waals surface area contributed by atoms with Crippen LogP contribution < -0.4 is 0 Å². The van der Waals surface area contributed by atoms with Gasteiger partial charge in [0.2, 0.25) is 0 Å². The van der Waals surface area contributed by atoms with Gasteiger partial charge >= 0.3 is 0 Å². The third-order valence-electron chi connectivity index (χ3n) is 3.26. The number of nitrogens with zero attached hydrogens (tertiary/aromatic N) is 2. The monoisotopic (exact) mass is 284 g/mol. The fourth-order valence-corrected chi connectivity index (χ4v) is 2.50. The van der Waals surface area contributed by atoms with Crippen molar-refractivity contribution in [3.63, 3.8) is 0 Å². The minimum Gasteiger partial charge on any atom is -0.388 e. The second kappa shape index (κ2) is 5.57. The van der Waals surface area contributed by atoms with Crippen LogP contribution in [0.25, 0.3) is 10.9 Å². The normalized spacial score (nSPS) is 12.5. The summed E-state index contributed by atoms with van der Waals surface area (Å²) in [6, 6.07) is 11.2. The maximum atomic E-state index is 10.5. The van der Waals surface area contributed by atoms with E-state index in [2.05, 4.69) is 9.97 Å². The Morgan fingerprint density at radius 1 is 1.10 bits per heavy atom. The van der Waals surface area contributed by atoms with Crippen molar-refractivity contribution in [1.82, 2.24) is 9.97 Å². The number of pyridine rings is 2. The second-order valence-electron chi connectivity index (χ2n) is 4.62. The minimum atomic E-state index is -0.631. The number of benzene rings is 1. The molecule has 1 atom stereocenters. The molecule has 1 aromatic carbocycles. The van der Waals surface area contributed by atoms with Gasteiger partial charge in [0.15, 0.2) is 0 Å². The van der Waals surface area contributed by atoms with E-state index in [0.717, 1.165) is 22.0 Å². The molecule has 0 spiro atoms. The molecule has 2 heterocycles. The summed E-state index contributed by atoms with van der Waals surface area (Å²) in [7, 11) is 0. The average Bonchev–Trinajstić information content (AvgIpc) is 2.49. The van der Waals surface area contributed by atoms with E-state index in [1.165, 1.54) is 0 Å². The molecule has 1 unspecified atom stereocenters. The lowest BCUT2D eigenvalue weighted by atomic mass is 10.00. The first-order valence-electron chi connectivity index (χ1n) is 6.36. The van der Waals surface area contributed by atoms with Gasteiger partial charge in [-0.05, 0) is 29.8 Å². The fraction of sp³-hybridized carbons (Fsp3) is 0.125. The van der Waals surface area contributed by atoms with Crippen molar-refractivity contribution in [3.8, 4) is 0 Å². The van der Waals surface area contributed by atoms with Crippen molar-refractivity contribution in [1.29, 1.82) is 0 Å². The lowest BCUT2D eigenvalue weighted by Crippen LogP contribution is -2.03. The molecule has 0 amide bonds. The summed E-state index contributed by atoms with van der Waals surface area (Å²) >= 11 is 6.16. The van der Waals surface area contributed by atoms with E-state index >= 15 is 0 Å². The maximum absolute atomic E-state index is 10.5. The Morgan fingerprint density at radius 2 is 1.95 bits per heavy atom. The summed E-state index contributed by atoms with van der Waals surface area (Å²) < 4.78 is 0. The van der Waals surface area contributed by atoms with E-state index in [1.54, 1.807) is 24.7 Å². The number of aromatic nitrogens is 2. The maximum Gasteiger partial charge on any atom is 0.0852 e. The van der Waals surface area contributed by atoms with Crippen LogP contribution in [0.1, 0.15) is 17.2 Å². The van der Waals surface area contributed by atoms with E-state index in [9.17, 15) is 5.11 Å². The quantitative estimate of drug-likeness (QED) is 0.800. The van der Waals surface area contributed by atoms with Gasteiger partial charge in [-0.15, -0.1) is 0 Å². The largest absolute Gasteiger partial charge is 0.388 e. The van der Waals surface area contributed by atoms with E-state index in [4.69, 9.17) is 11.6 Å². The fourth-order valence-electron chi connectivity index (χ4n) is 2.28. The van der Waals surface area contributed by atoms with Gasteiger partial charge in [0.1, 0.15) is 0 Å². The predicted octanol–water partition coefficient (Wildman–Crippen LogP) is 3.56. The van der Waals surface area contributed by atoms with Crippen molar-refractivity contribution in [2.75, 3.05) is 0 Å². The Balaban J connectivity index is 2.00. The van der Waals surface area contributed by atoms with Gasteiger partial charge in [0.05, 0.1) is 11.6 Å². The first-order chi connectivity index (χ1) is 9.75. The Morgan fingerprint density at radius 3 is 2.75 bits per heavy atom. The van der Waals surface area contributed by atoms with Crippen molar-refractivity contribution >= 4 is 22.5 Å². The van der Waals surface area contributed by atoms with Crippen LogP contribution in [-0.4, -0.2) is 15.1 Å². The Hall–Kier alpha value is -1.97. The third kappa shape index (κ3) is 2.50. The molecular weight excluding hydrogens is 272 g/mol. The molecule has 1 N–H and O–H groups in total. The van der Waals surface area contributed by atoms with E-state index in [1.807, 2.05) is 30.3 Å². The van der Waals surface area contributed by atoms with Crippen LogP contribution in [0, 0.1) is 0 Å². The first kappa shape index (κ1) is 13.0. The average molecular weight is 285 g/mol. The summed E-state index contributed by atoms with van der Waals surface area (Å²) in [6.45, 7) is 0. The topological polar surface area (TPSA) is 46.0 Å². The lowest BCUT2D eigenvalue weighted by Gasteiger charge is -2.13. The number of rotatable bonds is 3. The van der Waals surface area contributed by atoms with Crippen molar-refractivity contribution in [2.45, 2.75) is 12.5 Å². The molecular formula is C16H13ClN2O. The predicted molar refractivity (Wildman–Crippen MR) is 79.7 cm³/mol. The van der Waals surface area contributed by atoms with Gasteiger partial charge in [0, 0.05) is 41.0 Å². The van der Waals surface area contributed by atoms with Crippen LogP contribution >= 0.6 is 11.6 Å². The number of halogens is 1. The number of fused-ring (bicyclic) bond motifs is 1. The van der Waals surface area contributed by atoms with Gasteiger partial charge < -0.3 is 5.11 Å². The molecule has 3 nitrogen and oxygen atoms in total. The number of aliphatic hydroxyl groups excluding tert-OH is 1. The lowest BCUT2D eigenvalue weighted by molar-refractivity contribution is 0.179. The summed E-state index contributed by atoms with van der Waals surface area (Å²) in [6.07, 6.45) is 5.05. The van der Waals surface area contributed by atoms with Crippen LogP contribution in [0.15, 0.2) is 55.0 Å². The smallest absolute Gasteiger partial charge is 0.0852 e. The van der Waals surface area contributed by atoms with Crippen LogP contribution in [0.3, 0.4) is 0 Å². The van der Waals surface area contributed by atoms with Crippen molar-refractivity contribution in [3.05, 3.63) is 71.1 Å². The number of hydrogen-bond donors (Lipinski definition) is 1. The van der Waals surface area contributed by atoms with Crippen molar-refractivity contribution in [2.24, 2.45) is 0 Å². The molecule has 0 bridgehead atoms. The molecule has 3 aromatic rings. The molecule has 2 aromatic heterocycles. The molecule has 20 heavy (non-hydrogen) atoms. The second-order valence-corrected chi connectivity index (χ2v) is 5.02. The van der Waals surface area contributed by atoms with Gasteiger partial charge in [-0.25, -0.2) is 0 Å². The minimum absolute atomic E-state index is 0.501. The van der Waals surface area contributed by atoms with Crippen molar-refractivity contribution < 1.29 is 5.11 Å². The highest BCUT2D eigenvalue weighted by atomic mass is 35.5. The highest BCUT2D eigenvalue weighted by molar-refractivity contribution is 6.35. The number of hydrogen-bond acceptors (Lipinski definition) is 3. The third-order valence-corrected chi connectivity index (χ3v) is 3.59. The van der Waals surface area contributed by atoms with Gasteiger partial charge in [-0.1, -0.05) is 23.7 Å². The molecule has 0 aliphatic heterocycles. The van der Waals surface area contributed by atoms with Crippen LogP contribution in [0.4, 0.5) is 0 Å². The molecule has 0 aliphatic carbocycles. The van der Waals surface area contributed by atoms with E-state index in [0.29, 0.717) is 11.4 Å². The number of aliphatic hydroxyl groups is 1. The molecule has 3 rings (SSSR count). The Bertz CT molecular complexity index is 731. The molecule has 100 valence electrons. The Labute approximate surface area is 121 Å². The molecule has 0 aliphatic rings. The zero-order valence-corrected chi connectivity index (χ0v) is 11.5. The summed E-state index contributed by atoms with van der Waals surface area (Å²) in [5, 5.41) is 12.0. The molecule has 0 saturated carbocycles. The molecule has 0 fully saturated rings. The van der Waals surface area contributed by atoms with Gasteiger partial charge in [0.25, 0.3) is 0 Å². The SMILES string of the molecule is OC(Cc1cccnc1)c1ccc(Cl)c2cccnc12. The highest BCUT2D eigenvalue weighted by Gasteiger charge is 2.14. The van der Waals surface area contributed by atoms with Gasteiger partial charge in [-0.3, -0.25) is 9.97 Å². The standard InChI is InChI=1S/C16H13ClN2O/c17-14-6-5-13(16-12(14)4-2-8-19-16)15(20)9-11-3-1-7-18-10-11/h1-8,10,15,20H,9H2. The summed E-state index contributed by atoms with van der Waals surface area (Å²) in [5.74, 6) is 0. The van der Waals surface area contributed by atoms with E-state index in [-0.39, 0.29) is 0 Å². The summed E-state index contributed by atoms with van der Waals surface area (Å²) in [5.41, 5.74) is 2.52. The molecule has 0 saturated heterocycles. The zero-order valence-electron chi connectivity index (χ0n) is 10.7. The Kier molecular flexibility index (Phi) is 3.63. The van der Waals surface area contributed by atoms with Crippen LogP contribution in [-0.2, 0) is 6.42 Å². The van der Waals surface area contributed by atoms with Crippen LogP contribution in [0.2, 0.25) is 5.02 Å².